The lowest BCUT2D eigenvalue weighted by Gasteiger charge is -2.26. The van der Waals surface area contributed by atoms with Crippen LogP contribution in [0.1, 0.15) is 13.2 Å². The van der Waals surface area contributed by atoms with Crippen LogP contribution in [0.15, 0.2) is 17.1 Å². The lowest BCUT2D eigenvalue weighted by atomic mass is 9.92. The number of alkyl halides is 1. The van der Waals surface area contributed by atoms with E-state index in [-0.39, 0.29) is 5.82 Å². The fourth-order valence-corrected chi connectivity index (χ4v) is 2.29. The Bertz CT molecular complexity index is 668. The molecule has 0 spiro atoms. The average Bonchev–Trinajstić information content (AvgIpc) is 2.70. The summed E-state index contributed by atoms with van der Waals surface area (Å²) in [6.45, 7) is 0.277. The molecule has 1 aliphatic rings. The van der Waals surface area contributed by atoms with E-state index in [0.29, 0.717) is 0 Å². The molecule has 8 nitrogen and oxygen atoms in total. The van der Waals surface area contributed by atoms with Gasteiger partial charge in [-0.1, -0.05) is 11.8 Å². The predicted octanol–water partition coefficient (Wildman–Crippen LogP) is -1.83. The van der Waals surface area contributed by atoms with Crippen molar-refractivity contribution in [2.24, 2.45) is 0 Å². The number of ether oxygens (including phenoxy) is 1. The minimum Gasteiger partial charge on any atom is -0.391 e. The maximum Gasteiger partial charge on any atom is 0.351 e. The van der Waals surface area contributed by atoms with Gasteiger partial charge in [0.25, 0.3) is 0 Å². The van der Waals surface area contributed by atoms with Gasteiger partial charge in [-0.05, 0) is 13.0 Å². The monoisotopic (exact) mass is 313 g/mol. The number of halogens is 1. The first-order valence-corrected chi connectivity index (χ1v) is 6.46. The number of hydrogen-bond acceptors (Lipinski definition) is 7. The van der Waals surface area contributed by atoms with Crippen molar-refractivity contribution in [3.8, 4) is 11.8 Å². The Labute approximate surface area is 125 Å². The van der Waals surface area contributed by atoms with Crippen LogP contribution in [0.5, 0.6) is 0 Å². The van der Waals surface area contributed by atoms with E-state index in [1.54, 1.807) is 0 Å². The number of nitrogens with two attached hydrogens (primary N) is 1. The number of anilines is 1. The SMILES string of the molecule is C[C@H](O)[C@H]1O[C@@H](n2ccc(N)nc2=O)[C@@](O)(C#CCF)C1O. The Morgan fingerprint density at radius 3 is 2.91 bits per heavy atom. The smallest absolute Gasteiger partial charge is 0.351 e. The molecule has 5 atom stereocenters. The van der Waals surface area contributed by atoms with Gasteiger partial charge in [-0.3, -0.25) is 4.57 Å². The quantitative estimate of drug-likeness (QED) is 0.472. The standard InChI is InChI=1S/C13H16FN3O5/c1-7(18)9-10(19)13(21,4-2-5-14)11(22-9)17-6-3-8(15)16-12(17)20/h3,6-7,9-11,18-19,21H,5H2,1H3,(H2,15,16,20)/t7-,9+,10?,11+,13+/m0/s1. The highest BCUT2D eigenvalue weighted by molar-refractivity contribution is 5.26. The van der Waals surface area contributed by atoms with E-state index >= 15 is 0 Å². The minimum atomic E-state index is -2.28. The largest absolute Gasteiger partial charge is 0.391 e. The van der Waals surface area contributed by atoms with Gasteiger partial charge in [0.2, 0.25) is 0 Å². The summed E-state index contributed by atoms with van der Waals surface area (Å²) in [5, 5.41) is 30.4. The first-order chi connectivity index (χ1) is 10.3. The Balaban J connectivity index is 2.53. The van der Waals surface area contributed by atoms with Crippen LogP contribution in [0.2, 0.25) is 0 Å². The van der Waals surface area contributed by atoms with E-state index in [2.05, 4.69) is 10.9 Å². The number of aliphatic hydroxyl groups is 3. The lowest BCUT2D eigenvalue weighted by Crippen LogP contribution is -2.48. The van der Waals surface area contributed by atoms with Crippen LogP contribution < -0.4 is 11.4 Å². The summed E-state index contributed by atoms with van der Waals surface area (Å²) < 4.78 is 18.5. The molecular weight excluding hydrogens is 297 g/mol. The number of aliphatic hydroxyl groups excluding tert-OH is 2. The molecule has 1 fully saturated rings. The normalized spacial score (nSPS) is 32.3. The molecule has 22 heavy (non-hydrogen) atoms. The van der Waals surface area contributed by atoms with Gasteiger partial charge >= 0.3 is 5.69 Å². The molecule has 1 aromatic rings. The highest BCUT2D eigenvalue weighted by Gasteiger charge is 2.57. The number of rotatable bonds is 2. The number of hydrogen-bond donors (Lipinski definition) is 4. The molecular formula is C13H16FN3O5. The van der Waals surface area contributed by atoms with E-state index in [4.69, 9.17) is 10.5 Å². The molecule has 2 heterocycles. The van der Waals surface area contributed by atoms with Crippen molar-refractivity contribution in [3.63, 3.8) is 0 Å². The molecule has 0 aromatic carbocycles. The second kappa shape index (κ2) is 6.02. The summed E-state index contributed by atoms with van der Waals surface area (Å²) in [6.07, 6.45) is -4.29. The molecule has 1 aliphatic heterocycles. The molecule has 1 saturated heterocycles. The van der Waals surface area contributed by atoms with Crippen molar-refractivity contribution in [2.45, 2.75) is 37.1 Å². The summed E-state index contributed by atoms with van der Waals surface area (Å²) in [7, 11) is 0. The highest BCUT2D eigenvalue weighted by Crippen LogP contribution is 2.38. The number of aromatic nitrogens is 2. The molecule has 0 saturated carbocycles. The second-order valence-corrected chi connectivity index (χ2v) is 4.94. The van der Waals surface area contributed by atoms with Crippen molar-refractivity contribution in [3.05, 3.63) is 22.7 Å². The Kier molecular flexibility index (Phi) is 4.48. The molecule has 5 N–H and O–H groups in total. The van der Waals surface area contributed by atoms with Gasteiger partial charge in [-0.2, -0.15) is 4.98 Å². The summed E-state index contributed by atoms with van der Waals surface area (Å²) in [6, 6.07) is 1.29. The molecule has 1 aromatic heterocycles. The van der Waals surface area contributed by atoms with Crippen molar-refractivity contribution in [2.75, 3.05) is 12.4 Å². The van der Waals surface area contributed by atoms with Gasteiger partial charge in [-0.25, -0.2) is 9.18 Å². The van der Waals surface area contributed by atoms with Crippen LogP contribution in [-0.2, 0) is 4.74 Å². The van der Waals surface area contributed by atoms with Gasteiger partial charge in [0.05, 0.1) is 6.10 Å². The summed E-state index contributed by atoms with van der Waals surface area (Å²) in [5.41, 5.74) is 2.26. The van der Waals surface area contributed by atoms with Crippen LogP contribution in [0.4, 0.5) is 10.2 Å². The third-order valence-corrected chi connectivity index (χ3v) is 3.36. The Hall–Kier alpha value is -1.99. The second-order valence-electron chi connectivity index (χ2n) is 4.94. The van der Waals surface area contributed by atoms with Gasteiger partial charge in [0.15, 0.2) is 11.8 Å². The molecule has 2 rings (SSSR count). The summed E-state index contributed by atoms with van der Waals surface area (Å²) in [4.78, 5) is 15.4. The highest BCUT2D eigenvalue weighted by atomic mass is 19.1. The molecule has 0 amide bonds. The topological polar surface area (TPSA) is 131 Å². The lowest BCUT2D eigenvalue weighted by molar-refractivity contribution is -0.0883. The fourth-order valence-electron chi connectivity index (χ4n) is 2.29. The van der Waals surface area contributed by atoms with Crippen LogP contribution >= 0.6 is 0 Å². The zero-order valence-electron chi connectivity index (χ0n) is 11.7. The number of nitrogen functional groups attached to an aromatic ring is 1. The van der Waals surface area contributed by atoms with Gasteiger partial charge in [0, 0.05) is 6.20 Å². The average molecular weight is 313 g/mol. The Morgan fingerprint density at radius 1 is 1.68 bits per heavy atom. The minimum absolute atomic E-state index is 0.0368. The van der Waals surface area contributed by atoms with Gasteiger partial charge in [0.1, 0.15) is 24.7 Å². The third kappa shape index (κ3) is 2.69. The first kappa shape index (κ1) is 16.4. The molecule has 1 unspecified atom stereocenters. The summed E-state index contributed by atoms with van der Waals surface area (Å²) in [5.74, 6) is 4.12. The van der Waals surface area contributed by atoms with Crippen molar-refractivity contribution in [1.82, 2.24) is 9.55 Å². The zero-order chi connectivity index (χ0) is 16.5. The Morgan fingerprint density at radius 2 is 2.36 bits per heavy atom. The zero-order valence-corrected chi connectivity index (χ0v) is 11.7. The van der Waals surface area contributed by atoms with Crippen molar-refractivity contribution >= 4 is 5.82 Å². The fraction of sp³-hybridized carbons (Fsp3) is 0.538. The van der Waals surface area contributed by atoms with E-state index in [9.17, 15) is 24.5 Å². The predicted molar refractivity (Wildman–Crippen MR) is 73.2 cm³/mol. The molecule has 0 radical (unpaired) electrons. The van der Waals surface area contributed by atoms with Gasteiger partial charge in [-0.15, -0.1) is 0 Å². The first-order valence-electron chi connectivity index (χ1n) is 6.46. The van der Waals surface area contributed by atoms with E-state index < -0.39 is 42.5 Å². The molecule has 9 heteroatoms. The molecule has 120 valence electrons. The molecule has 0 aliphatic carbocycles. The molecule has 0 bridgehead atoms. The van der Waals surface area contributed by atoms with E-state index in [0.717, 1.165) is 4.57 Å². The van der Waals surface area contributed by atoms with Crippen molar-refractivity contribution < 1.29 is 24.4 Å². The maximum atomic E-state index is 12.3. The van der Waals surface area contributed by atoms with E-state index in [1.807, 2.05) is 5.92 Å². The van der Waals surface area contributed by atoms with Crippen molar-refractivity contribution in [1.29, 1.82) is 0 Å². The van der Waals surface area contributed by atoms with Crippen LogP contribution in [0.3, 0.4) is 0 Å². The maximum absolute atomic E-state index is 12.3. The van der Waals surface area contributed by atoms with Crippen LogP contribution in [0, 0.1) is 11.8 Å². The van der Waals surface area contributed by atoms with Crippen LogP contribution in [0.25, 0.3) is 0 Å². The number of nitrogens with zero attached hydrogens (tertiary/aromatic N) is 2. The summed E-state index contributed by atoms with van der Waals surface area (Å²) >= 11 is 0. The van der Waals surface area contributed by atoms with Gasteiger partial charge < -0.3 is 25.8 Å². The van der Waals surface area contributed by atoms with Crippen LogP contribution in [-0.4, -0.2) is 55.5 Å². The van der Waals surface area contributed by atoms with E-state index in [1.165, 1.54) is 19.2 Å². The third-order valence-electron chi connectivity index (χ3n) is 3.36.